The van der Waals surface area contributed by atoms with E-state index in [4.69, 9.17) is 16.2 Å². The molecule has 0 radical (unpaired) electrons. The molecule has 110 valence electrons. The number of hydrogen-bond acceptors (Lipinski definition) is 5. The summed E-state index contributed by atoms with van der Waals surface area (Å²) in [5.74, 6) is 0.338. The fourth-order valence-corrected chi connectivity index (χ4v) is 2.10. The summed E-state index contributed by atoms with van der Waals surface area (Å²) in [5, 5.41) is 0. The van der Waals surface area contributed by atoms with E-state index in [9.17, 15) is 4.79 Å². The molecule has 0 aliphatic heterocycles. The quantitative estimate of drug-likeness (QED) is 0.664. The van der Waals surface area contributed by atoms with Gasteiger partial charge in [0.05, 0.1) is 19.8 Å². The van der Waals surface area contributed by atoms with Crippen molar-refractivity contribution in [2.75, 3.05) is 25.7 Å². The highest BCUT2D eigenvalue weighted by molar-refractivity contribution is 5.92. The van der Waals surface area contributed by atoms with Crippen LogP contribution in [0.15, 0.2) is 36.4 Å². The van der Waals surface area contributed by atoms with E-state index in [-0.39, 0.29) is 0 Å². The summed E-state index contributed by atoms with van der Waals surface area (Å²) in [6, 6.07) is 10.8. The summed E-state index contributed by atoms with van der Waals surface area (Å²) >= 11 is 0. The van der Waals surface area contributed by atoms with Gasteiger partial charge in [-0.1, -0.05) is 12.1 Å². The van der Waals surface area contributed by atoms with E-state index in [0.29, 0.717) is 23.4 Å². The maximum absolute atomic E-state index is 11.5. The number of nitrogen functional groups attached to an aromatic ring is 2. The molecule has 0 amide bonds. The number of esters is 1. The monoisotopic (exact) mass is 286 g/mol. The topological polar surface area (TPSA) is 87.6 Å². The van der Waals surface area contributed by atoms with Gasteiger partial charge in [0.2, 0.25) is 0 Å². The van der Waals surface area contributed by atoms with Gasteiger partial charge in [-0.05, 0) is 29.8 Å². The molecule has 0 aliphatic rings. The summed E-state index contributed by atoms with van der Waals surface area (Å²) in [7, 11) is 2.94. The highest BCUT2D eigenvalue weighted by atomic mass is 16.5. The Labute approximate surface area is 123 Å². The first kappa shape index (κ1) is 14.7. The molecule has 0 spiro atoms. The third-order valence-electron chi connectivity index (χ3n) is 3.28. The van der Waals surface area contributed by atoms with Crippen molar-refractivity contribution in [2.45, 2.75) is 6.42 Å². The predicted molar refractivity (Wildman–Crippen MR) is 82.4 cm³/mol. The van der Waals surface area contributed by atoms with E-state index in [0.717, 1.165) is 16.9 Å². The Morgan fingerprint density at radius 1 is 1.05 bits per heavy atom. The maximum atomic E-state index is 11.5. The molecule has 0 unspecified atom stereocenters. The fraction of sp³-hybridized carbons (Fsp3) is 0.188. The van der Waals surface area contributed by atoms with Crippen LogP contribution >= 0.6 is 0 Å². The van der Waals surface area contributed by atoms with E-state index >= 15 is 0 Å². The molecule has 5 nitrogen and oxygen atoms in total. The summed E-state index contributed by atoms with van der Waals surface area (Å²) in [6.45, 7) is 0. The van der Waals surface area contributed by atoms with Gasteiger partial charge in [0.25, 0.3) is 0 Å². The summed E-state index contributed by atoms with van der Waals surface area (Å²) in [6.07, 6.45) is 0.586. The number of ether oxygens (including phenoxy) is 2. The summed E-state index contributed by atoms with van der Waals surface area (Å²) in [5.41, 5.74) is 15.2. The Kier molecular flexibility index (Phi) is 4.33. The van der Waals surface area contributed by atoms with E-state index < -0.39 is 5.97 Å². The Balaban J connectivity index is 2.29. The van der Waals surface area contributed by atoms with Gasteiger partial charge < -0.3 is 20.9 Å². The number of carbonyl (C=O) groups is 1. The number of benzene rings is 2. The van der Waals surface area contributed by atoms with Gasteiger partial charge in [-0.3, -0.25) is 0 Å². The minimum Gasteiger partial charge on any atom is -0.497 e. The molecule has 21 heavy (non-hydrogen) atoms. The number of anilines is 2. The van der Waals surface area contributed by atoms with Gasteiger partial charge in [0.15, 0.2) is 0 Å². The smallest absolute Gasteiger partial charge is 0.337 e. The van der Waals surface area contributed by atoms with Crippen molar-refractivity contribution < 1.29 is 14.3 Å². The fourth-order valence-electron chi connectivity index (χ4n) is 2.10. The van der Waals surface area contributed by atoms with Crippen LogP contribution in [-0.4, -0.2) is 20.2 Å². The van der Waals surface area contributed by atoms with E-state index in [1.165, 1.54) is 7.11 Å². The Morgan fingerprint density at radius 3 is 2.10 bits per heavy atom. The molecule has 2 aromatic rings. The van der Waals surface area contributed by atoms with Crippen LogP contribution in [0.5, 0.6) is 5.75 Å². The lowest BCUT2D eigenvalue weighted by Gasteiger charge is -2.12. The van der Waals surface area contributed by atoms with Crippen LogP contribution in [0.2, 0.25) is 0 Å². The second-order valence-electron chi connectivity index (χ2n) is 4.65. The third kappa shape index (κ3) is 3.25. The van der Waals surface area contributed by atoms with Crippen molar-refractivity contribution in [3.63, 3.8) is 0 Å². The molecule has 0 bridgehead atoms. The SMILES string of the molecule is COC(=O)c1cc(N)c(Cc2ccc(OC)cc2)c(N)c1. The first-order valence-electron chi connectivity index (χ1n) is 6.44. The van der Waals surface area contributed by atoms with Crippen LogP contribution in [0.25, 0.3) is 0 Å². The zero-order valence-corrected chi connectivity index (χ0v) is 12.1. The molecule has 2 rings (SSSR count). The summed E-state index contributed by atoms with van der Waals surface area (Å²) in [4.78, 5) is 11.5. The average Bonchev–Trinajstić information content (AvgIpc) is 2.50. The molecule has 0 fully saturated rings. The van der Waals surface area contributed by atoms with Gasteiger partial charge in [-0.25, -0.2) is 4.79 Å². The minimum atomic E-state index is -0.454. The molecule has 4 N–H and O–H groups in total. The standard InChI is InChI=1S/C16H18N2O3/c1-20-12-5-3-10(4-6-12)7-13-14(17)8-11(9-15(13)18)16(19)21-2/h3-6,8-9H,7,17-18H2,1-2H3. The lowest BCUT2D eigenvalue weighted by molar-refractivity contribution is 0.0601. The van der Waals surface area contributed by atoms with E-state index in [2.05, 4.69) is 4.74 Å². The second-order valence-corrected chi connectivity index (χ2v) is 4.65. The Morgan fingerprint density at radius 2 is 1.62 bits per heavy atom. The summed E-state index contributed by atoms with van der Waals surface area (Å²) < 4.78 is 9.79. The lowest BCUT2D eigenvalue weighted by Crippen LogP contribution is -2.07. The van der Waals surface area contributed by atoms with Crippen LogP contribution in [0.1, 0.15) is 21.5 Å². The number of rotatable bonds is 4. The van der Waals surface area contributed by atoms with Crippen molar-refractivity contribution in [3.05, 3.63) is 53.1 Å². The zero-order valence-electron chi connectivity index (χ0n) is 12.1. The lowest BCUT2D eigenvalue weighted by atomic mass is 9.99. The number of nitrogens with two attached hydrogens (primary N) is 2. The van der Waals surface area contributed by atoms with Crippen molar-refractivity contribution in [1.82, 2.24) is 0 Å². The average molecular weight is 286 g/mol. The molecule has 0 aliphatic carbocycles. The van der Waals surface area contributed by atoms with Crippen LogP contribution in [0, 0.1) is 0 Å². The normalized spacial score (nSPS) is 10.2. The van der Waals surface area contributed by atoms with Crippen molar-refractivity contribution >= 4 is 17.3 Å². The van der Waals surface area contributed by atoms with Gasteiger partial charge in [0.1, 0.15) is 5.75 Å². The molecule has 0 saturated heterocycles. The molecule has 5 heteroatoms. The highest BCUT2D eigenvalue weighted by Crippen LogP contribution is 2.26. The molecular weight excluding hydrogens is 268 g/mol. The second kappa shape index (κ2) is 6.17. The molecule has 0 atom stereocenters. The van der Waals surface area contributed by atoms with Gasteiger partial charge in [-0.15, -0.1) is 0 Å². The van der Waals surface area contributed by atoms with Crippen molar-refractivity contribution in [2.24, 2.45) is 0 Å². The zero-order chi connectivity index (χ0) is 15.4. The van der Waals surface area contributed by atoms with Gasteiger partial charge in [0, 0.05) is 23.4 Å². The highest BCUT2D eigenvalue weighted by Gasteiger charge is 2.12. The predicted octanol–water partition coefficient (Wildman–Crippen LogP) is 2.24. The van der Waals surface area contributed by atoms with Crippen LogP contribution in [0.3, 0.4) is 0 Å². The van der Waals surface area contributed by atoms with Crippen LogP contribution in [-0.2, 0) is 11.2 Å². The van der Waals surface area contributed by atoms with Gasteiger partial charge in [-0.2, -0.15) is 0 Å². The van der Waals surface area contributed by atoms with Crippen LogP contribution < -0.4 is 16.2 Å². The molecule has 0 saturated carbocycles. The largest absolute Gasteiger partial charge is 0.497 e. The van der Waals surface area contributed by atoms with Crippen LogP contribution in [0.4, 0.5) is 11.4 Å². The molecular formula is C16H18N2O3. The first-order chi connectivity index (χ1) is 10.0. The Bertz CT molecular complexity index is 628. The minimum absolute atomic E-state index is 0.353. The Hall–Kier alpha value is -2.69. The molecule has 2 aromatic carbocycles. The number of methoxy groups -OCH3 is 2. The molecule has 0 aromatic heterocycles. The van der Waals surface area contributed by atoms with Crippen molar-refractivity contribution in [3.8, 4) is 5.75 Å². The van der Waals surface area contributed by atoms with E-state index in [1.54, 1.807) is 19.2 Å². The molecule has 0 heterocycles. The van der Waals surface area contributed by atoms with Gasteiger partial charge >= 0.3 is 5.97 Å². The number of carbonyl (C=O) groups excluding carboxylic acids is 1. The number of hydrogen-bond donors (Lipinski definition) is 2. The van der Waals surface area contributed by atoms with Crippen molar-refractivity contribution in [1.29, 1.82) is 0 Å². The third-order valence-corrected chi connectivity index (χ3v) is 3.28. The van der Waals surface area contributed by atoms with E-state index in [1.807, 2.05) is 24.3 Å². The first-order valence-corrected chi connectivity index (χ1v) is 6.44. The maximum Gasteiger partial charge on any atom is 0.337 e.